The second-order valence-electron chi connectivity index (χ2n) is 5.78. The zero-order chi connectivity index (χ0) is 18.4. The Morgan fingerprint density at radius 2 is 1.23 bits per heavy atom. The van der Waals surface area contributed by atoms with Gasteiger partial charge in [0.2, 0.25) is 0 Å². The van der Waals surface area contributed by atoms with Gasteiger partial charge in [-0.2, -0.15) is 0 Å². The lowest BCUT2D eigenvalue weighted by atomic mass is 9.97. The van der Waals surface area contributed by atoms with Crippen LogP contribution in [0.25, 0.3) is 22.3 Å². The first kappa shape index (κ1) is 17.8. The van der Waals surface area contributed by atoms with Crippen molar-refractivity contribution in [1.82, 2.24) is 0 Å². The summed E-state index contributed by atoms with van der Waals surface area (Å²) in [6.45, 7) is 0.891. The first-order chi connectivity index (χ1) is 12.8. The average molecular weight is 349 g/mol. The molecule has 0 aliphatic carbocycles. The van der Waals surface area contributed by atoms with Gasteiger partial charge >= 0.3 is 0 Å². The summed E-state index contributed by atoms with van der Waals surface area (Å²) in [5.41, 5.74) is 9.73. The van der Waals surface area contributed by atoms with Crippen LogP contribution in [0.5, 0.6) is 17.2 Å². The summed E-state index contributed by atoms with van der Waals surface area (Å²) in [5, 5.41) is 0. The third kappa shape index (κ3) is 3.81. The molecule has 0 amide bonds. The molecule has 3 rings (SSSR count). The van der Waals surface area contributed by atoms with Crippen LogP contribution in [0.3, 0.4) is 0 Å². The van der Waals surface area contributed by atoms with Crippen molar-refractivity contribution in [1.29, 1.82) is 0 Å². The third-order valence-corrected chi connectivity index (χ3v) is 4.14. The van der Waals surface area contributed by atoms with Crippen molar-refractivity contribution in [2.45, 2.75) is 0 Å². The van der Waals surface area contributed by atoms with Crippen molar-refractivity contribution in [3.8, 4) is 39.5 Å². The molecule has 0 aliphatic rings. The maximum absolute atomic E-state index is 6.07. The van der Waals surface area contributed by atoms with Gasteiger partial charge in [-0.25, -0.2) is 0 Å². The van der Waals surface area contributed by atoms with Crippen LogP contribution in [0.1, 0.15) is 0 Å². The largest absolute Gasteiger partial charge is 0.497 e. The molecule has 0 saturated heterocycles. The number of hydrogen-bond donors (Lipinski definition) is 1. The molecule has 3 aromatic carbocycles. The summed E-state index contributed by atoms with van der Waals surface area (Å²) in [4.78, 5) is 0. The van der Waals surface area contributed by atoms with Gasteiger partial charge in [0.25, 0.3) is 0 Å². The van der Waals surface area contributed by atoms with Gasteiger partial charge in [0, 0.05) is 17.7 Å². The smallest absolute Gasteiger partial charge is 0.135 e. The Bertz CT molecular complexity index is 811. The molecule has 0 atom stereocenters. The number of hydrogen-bond acceptors (Lipinski definition) is 4. The fourth-order valence-electron chi connectivity index (χ4n) is 2.89. The minimum absolute atomic E-state index is 0.442. The van der Waals surface area contributed by atoms with E-state index in [1.165, 1.54) is 0 Å². The summed E-state index contributed by atoms with van der Waals surface area (Å²) in [5.74, 6) is 2.41. The quantitative estimate of drug-likeness (QED) is 0.688. The number of nitrogens with two attached hydrogens (primary N) is 1. The molecule has 0 saturated carbocycles. The summed E-state index contributed by atoms with van der Waals surface area (Å²) >= 11 is 0. The second kappa shape index (κ2) is 8.41. The standard InChI is InChI=1S/C22H23NO3/c1-24-18-8-3-6-16(14-18)20-10-5-11-21(22(20)26-13-12-23)17-7-4-9-19(15-17)25-2/h3-11,14-15H,12-13,23H2,1-2H3. The first-order valence-corrected chi connectivity index (χ1v) is 8.51. The molecule has 26 heavy (non-hydrogen) atoms. The molecular weight excluding hydrogens is 326 g/mol. The third-order valence-electron chi connectivity index (χ3n) is 4.14. The van der Waals surface area contributed by atoms with Crippen LogP contribution in [0.2, 0.25) is 0 Å². The number of benzene rings is 3. The average Bonchev–Trinajstić information content (AvgIpc) is 2.72. The topological polar surface area (TPSA) is 53.7 Å². The highest BCUT2D eigenvalue weighted by Gasteiger charge is 2.14. The van der Waals surface area contributed by atoms with Crippen LogP contribution in [-0.2, 0) is 0 Å². The fourth-order valence-corrected chi connectivity index (χ4v) is 2.89. The van der Waals surface area contributed by atoms with Gasteiger partial charge in [0.05, 0.1) is 14.2 Å². The number of para-hydroxylation sites is 1. The van der Waals surface area contributed by atoms with Crippen molar-refractivity contribution in [3.63, 3.8) is 0 Å². The fraction of sp³-hybridized carbons (Fsp3) is 0.182. The van der Waals surface area contributed by atoms with Crippen molar-refractivity contribution >= 4 is 0 Å². The summed E-state index contributed by atoms with van der Waals surface area (Å²) in [7, 11) is 3.33. The summed E-state index contributed by atoms with van der Waals surface area (Å²) in [6, 6.07) is 22.0. The second-order valence-corrected chi connectivity index (χ2v) is 5.78. The van der Waals surface area contributed by atoms with Crippen LogP contribution in [0.4, 0.5) is 0 Å². The Morgan fingerprint density at radius 3 is 1.69 bits per heavy atom. The van der Waals surface area contributed by atoms with Crippen LogP contribution in [0.15, 0.2) is 66.7 Å². The molecule has 0 heterocycles. The van der Waals surface area contributed by atoms with Crippen molar-refractivity contribution in [2.24, 2.45) is 5.73 Å². The van der Waals surface area contributed by atoms with E-state index >= 15 is 0 Å². The summed E-state index contributed by atoms with van der Waals surface area (Å²) in [6.07, 6.45) is 0. The van der Waals surface area contributed by atoms with E-state index in [4.69, 9.17) is 19.9 Å². The highest BCUT2D eigenvalue weighted by atomic mass is 16.5. The Labute approximate surface area is 154 Å². The molecule has 0 unspecified atom stereocenters. The van der Waals surface area contributed by atoms with E-state index in [9.17, 15) is 0 Å². The normalized spacial score (nSPS) is 10.4. The van der Waals surface area contributed by atoms with Crippen molar-refractivity contribution in [3.05, 3.63) is 66.7 Å². The van der Waals surface area contributed by atoms with Gasteiger partial charge in [-0.3, -0.25) is 0 Å². The molecule has 0 radical (unpaired) electrons. The maximum Gasteiger partial charge on any atom is 0.135 e. The van der Waals surface area contributed by atoms with Gasteiger partial charge in [-0.15, -0.1) is 0 Å². The molecule has 134 valence electrons. The minimum Gasteiger partial charge on any atom is -0.497 e. The number of methoxy groups -OCH3 is 2. The first-order valence-electron chi connectivity index (χ1n) is 8.51. The lowest BCUT2D eigenvalue weighted by Gasteiger charge is -2.17. The van der Waals surface area contributed by atoms with E-state index in [0.717, 1.165) is 39.5 Å². The van der Waals surface area contributed by atoms with Gasteiger partial charge < -0.3 is 19.9 Å². The van der Waals surface area contributed by atoms with E-state index in [1.807, 2.05) is 66.7 Å². The molecule has 4 nitrogen and oxygen atoms in total. The lowest BCUT2D eigenvalue weighted by Crippen LogP contribution is -2.11. The van der Waals surface area contributed by atoms with Crippen molar-refractivity contribution < 1.29 is 14.2 Å². The van der Waals surface area contributed by atoms with Crippen LogP contribution >= 0.6 is 0 Å². The van der Waals surface area contributed by atoms with E-state index in [-0.39, 0.29) is 0 Å². The molecular formula is C22H23NO3. The predicted octanol–water partition coefficient (Wildman–Crippen LogP) is 4.38. The predicted molar refractivity (Wildman–Crippen MR) is 105 cm³/mol. The molecule has 0 fully saturated rings. The Morgan fingerprint density at radius 1 is 0.731 bits per heavy atom. The van der Waals surface area contributed by atoms with E-state index < -0.39 is 0 Å². The Hall–Kier alpha value is -2.98. The number of ether oxygens (including phenoxy) is 3. The van der Waals surface area contributed by atoms with Gasteiger partial charge in [-0.1, -0.05) is 42.5 Å². The van der Waals surface area contributed by atoms with Gasteiger partial charge in [0.15, 0.2) is 0 Å². The molecule has 0 aromatic heterocycles. The monoisotopic (exact) mass is 349 g/mol. The minimum atomic E-state index is 0.442. The molecule has 0 aliphatic heterocycles. The maximum atomic E-state index is 6.07. The molecule has 0 bridgehead atoms. The summed E-state index contributed by atoms with van der Waals surface area (Å²) < 4.78 is 16.8. The zero-order valence-corrected chi connectivity index (χ0v) is 15.1. The molecule has 4 heteroatoms. The van der Waals surface area contributed by atoms with Crippen LogP contribution < -0.4 is 19.9 Å². The highest BCUT2D eigenvalue weighted by Crippen LogP contribution is 2.40. The Kier molecular flexibility index (Phi) is 5.77. The lowest BCUT2D eigenvalue weighted by molar-refractivity contribution is 0.331. The highest BCUT2D eigenvalue weighted by molar-refractivity contribution is 5.83. The molecule has 2 N–H and O–H groups in total. The SMILES string of the molecule is COc1cccc(-c2cccc(-c3cccc(OC)c3)c2OCCN)c1. The van der Waals surface area contributed by atoms with Crippen molar-refractivity contribution in [2.75, 3.05) is 27.4 Å². The van der Waals surface area contributed by atoms with Gasteiger partial charge in [-0.05, 0) is 35.4 Å². The molecule has 3 aromatic rings. The van der Waals surface area contributed by atoms with E-state index in [2.05, 4.69) is 0 Å². The van der Waals surface area contributed by atoms with E-state index in [0.29, 0.717) is 13.2 Å². The van der Waals surface area contributed by atoms with Crippen LogP contribution in [0, 0.1) is 0 Å². The van der Waals surface area contributed by atoms with E-state index in [1.54, 1.807) is 14.2 Å². The Balaban J connectivity index is 2.15. The number of rotatable bonds is 7. The zero-order valence-electron chi connectivity index (χ0n) is 15.1. The molecule has 0 spiro atoms. The van der Waals surface area contributed by atoms with Gasteiger partial charge in [0.1, 0.15) is 23.9 Å². The van der Waals surface area contributed by atoms with Crippen LogP contribution in [-0.4, -0.2) is 27.4 Å².